The molecule has 0 aliphatic rings. The highest BCUT2D eigenvalue weighted by Gasteiger charge is 2.13. The van der Waals surface area contributed by atoms with Gasteiger partial charge in [-0.2, -0.15) is 0 Å². The van der Waals surface area contributed by atoms with Crippen LogP contribution in [-0.4, -0.2) is 28.8 Å². The Hall–Kier alpha value is -3.00. The number of carboxylic acids is 2. The first-order chi connectivity index (χ1) is 9.52. The van der Waals surface area contributed by atoms with Crippen molar-refractivity contribution >= 4 is 22.7 Å². The minimum Gasteiger partial charge on any atom is -0.481 e. The Morgan fingerprint density at radius 3 is 2.50 bits per heavy atom. The molecule has 0 fully saturated rings. The number of carbonyl (C=O) groups is 2. The van der Waals surface area contributed by atoms with Crippen molar-refractivity contribution in [3.05, 3.63) is 41.5 Å². The molecular weight excluding hydrogens is 260 g/mol. The lowest BCUT2D eigenvalue weighted by molar-refractivity contribution is 0.0688. The molecule has 0 bridgehead atoms. The number of hydrogen-bond donors (Lipinski definition) is 2. The van der Waals surface area contributed by atoms with E-state index in [1.54, 1.807) is 6.07 Å². The van der Waals surface area contributed by atoms with Crippen molar-refractivity contribution in [1.29, 1.82) is 0 Å². The maximum absolute atomic E-state index is 11.2. The van der Waals surface area contributed by atoms with Crippen LogP contribution in [0.3, 0.4) is 0 Å². The van der Waals surface area contributed by atoms with Gasteiger partial charge in [0, 0.05) is 0 Å². The summed E-state index contributed by atoms with van der Waals surface area (Å²) in [5, 5.41) is 19.1. The van der Waals surface area contributed by atoms with E-state index in [9.17, 15) is 14.7 Å². The fourth-order valence-electron chi connectivity index (χ4n) is 1.86. The van der Waals surface area contributed by atoms with E-state index in [4.69, 9.17) is 16.3 Å². The van der Waals surface area contributed by atoms with Crippen molar-refractivity contribution in [2.75, 3.05) is 6.61 Å². The van der Waals surface area contributed by atoms with Crippen LogP contribution in [0, 0.1) is 12.3 Å². The Balaban J connectivity index is 2.66. The van der Waals surface area contributed by atoms with Crippen molar-refractivity contribution in [1.82, 2.24) is 0 Å². The smallest absolute Gasteiger partial charge is 0.336 e. The van der Waals surface area contributed by atoms with Gasteiger partial charge in [-0.25, -0.2) is 9.59 Å². The number of aromatic carboxylic acids is 2. The maximum Gasteiger partial charge on any atom is 0.336 e. The van der Waals surface area contributed by atoms with Crippen LogP contribution in [0.25, 0.3) is 10.8 Å². The number of carboxylic acid groups (broad SMARTS) is 2. The summed E-state index contributed by atoms with van der Waals surface area (Å²) in [4.78, 5) is 22.2. The lowest BCUT2D eigenvalue weighted by Crippen LogP contribution is -2.02. The normalized spacial score (nSPS) is 9.95. The van der Waals surface area contributed by atoms with E-state index in [-0.39, 0.29) is 23.5 Å². The second-order valence-electron chi connectivity index (χ2n) is 4.01. The summed E-state index contributed by atoms with van der Waals surface area (Å²) in [5.41, 5.74) is 0.106. The predicted octanol–water partition coefficient (Wildman–Crippen LogP) is 2.25. The molecule has 5 nitrogen and oxygen atoms in total. The van der Waals surface area contributed by atoms with E-state index in [1.165, 1.54) is 24.3 Å². The summed E-state index contributed by atoms with van der Waals surface area (Å²) in [6, 6.07) is 7.15. The van der Waals surface area contributed by atoms with Gasteiger partial charge in [-0.1, -0.05) is 12.0 Å². The lowest BCUT2D eigenvalue weighted by Gasteiger charge is -2.08. The monoisotopic (exact) mass is 270 g/mol. The Labute approximate surface area is 114 Å². The van der Waals surface area contributed by atoms with Crippen LogP contribution in [-0.2, 0) is 0 Å². The van der Waals surface area contributed by atoms with Gasteiger partial charge in [-0.15, -0.1) is 6.42 Å². The van der Waals surface area contributed by atoms with Gasteiger partial charge in [0.15, 0.2) is 0 Å². The zero-order valence-corrected chi connectivity index (χ0v) is 10.3. The molecule has 0 amide bonds. The van der Waals surface area contributed by atoms with Gasteiger partial charge in [-0.3, -0.25) is 0 Å². The Morgan fingerprint density at radius 2 is 1.90 bits per heavy atom. The summed E-state index contributed by atoms with van der Waals surface area (Å²) in [6.07, 6.45) is 5.08. The molecular formula is C15H10O5. The summed E-state index contributed by atoms with van der Waals surface area (Å²) in [7, 11) is 0. The average molecular weight is 270 g/mol. The summed E-state index contributed by atoms with van der Waals surface area (Å²) < 4.78 is 5.21. The quantitative estimate of drug-likeness (QED) is 0.832. The molecule has 0 spiro atoms. The van der Waals surface area contributed by atoms with E-state index < -0.39 is 11.9 Å². The van der Waals surface area contributed by atoms with Crippen LogP contribution in [0.2, 0.25) is 0 Å². The molecule has 0 aliphatic heterocycles. The SMILES string of the molecule is C#CCOc1cc(C(=O)O)c2ccc(C(=O)O)cc2c1. The minimum atomic E-state index is -1.12. The molecule has 20 heavy (non-hydrogen) atoms. The largest absolute Gasteiger partial charge is 0.481 e. The highest BCUT2D eigenvalue weighted by atomic mass is 16.5. The first-order valence-corrected chi connectivity index (χ1v) is 5.63. The molecule has 2 N–H and O–H groups in total. The Morgan fingerprint density at radius 1 is 1.15 bits per heavy atom. The Kier molecular flexibility index (Phi) is 3.58. The highest BCUT2D eigenvalue weighted by molar-refractivity contribution is 6.06. The summed E-state index contributed by atoms with van der Waals surface area (Å²) in [6.45, 7) is 0.00316. The van der Waals surface area contributed by atoms with E-state index in [2.05, 4.69) is 5.92 Å². The van der Waals surface area contributed by atoms with Crippen LogP contribution in [0.4, 0.5) is 0 Å². The first kappa shape index (κ1) is 13.4. The van der Waals surface area contributed by atoms with E-state index in [0.29, 0.717) is 10.8 Å². The molecule has 0 unspecified atom stereocenters. The summed E-state index contributed by atoms with van der Waals surface area (Å²) in [5.74, 6) is 0.361. The zero-order valence-electron chi connectivity index (χ0n) is 10.3. The van der Waals surface area contributed by atoms with Crippen LogP contribution in [0.5, 0.6) is 5.75 Å². The van der Waals surface area contributed by atoms with Gasteiger partial charge in [-0.05, 0) is 35.0 Å². The molecule has 0 aliphatic carbocycles. The number of hydrogen-bond acceptors (Lipinski definition) is 3. The van der Waals surface area contributed by atoms with Gasteiger partial charge < -0.3 is 14.9 Å². The molecule has 0 saturated carbocycles. The van der Waals surface area contributed by atoms with Crippen molar-refractivity contribution in [3.8, 4) is 18.1 Å². The number of benzene rings is 2. The molecule has 0 radical (unpaired) electrons. The standard InChI is InChI=1S/C15H10O5/c1-2-5-20-11-7-10-6-9(14(16)17)3-4-12(10)13(8-11)15(18)19/h1,3-4,6-8H,5H2,(H,16,17)(H,18,19). The zero-order chi connectivity index (χ0) is 14.7. The molecule has 0 saturated heterocycles. The van der Waals surface area contributed by atoms with Crippen molar-refractivity contribution < 1.29 is 24.5 Å². The highest BCUT2D eigenvalue weighted by Crippen LogP contribution is 2.26. The molecule has 2 aromatic carbocycles. The van der Waals surface area contributed by atoms with Crippen LogP contribution in [0.15, 0.2) is 30.3 Å². The van der Waals surface area contributed by atoms with Gasteiger partial charge in [0.25, 0.3) is 0 Å². The summed E-state index contributed by atoms with van der Waals surface area (Å²) >= 11 is 0. The third-order valence-corrected chi connectivity index (χ3v) is 2.73. The molecule has 100 valence electrons. The molecule has 2 rings (SSSR count). The second-order valence-corrected chi connectivity index (χ2v) is 4.01. The van der Waals surface area contributed by atoms with Crippen LogP contribution in [0.1, 0.15) is 20.7 Å². The van der Waals surface area contributed by atoms with Crippen molar-refractivity contribution in [2.24, 2.45) is 0 Å². The third-order valence-electron chi connectivity index (χ3n) is 2.73. The second kappa shape index (κ2) is 5.33. The average Bonchev–Trinajstić information content (AvgIpc) is 2.43. The van der Waals surface area contributed by atoms with Crippen LogP contribution < -0.4 is 4.74 Å². The van der Waals surface area contributed by atoms with Gasteiger partial charge in [0.1, 0.15) is 12.4 Å². The van der Waals surface area contributed by atoms with Crippen molar-refractivity contribution in [2.45, 2.75) is 0 Å². The topological polar surface area (TPSA) is 83.8 Å². The van der Waals surface area contributed by atoms with Gasteiger partial charge in [0.2, 0.25) is 0 Å². The Bertz CT molecular complexity index is 740. The molecule has 5 heteroatoms. The number of rotatable bonds is 4. The lowest BCUT2D eigenvalue weighted by atomic mass is 10.0. The maximum atomic E-state index is 11.2. The predicted molar refractivity (Wildman–Crippen MR) is 72.2 cm³/mol. The van der Waals surface area contributed by atoms with E-state index >= 15 is 0 Å². The molecule has 0 heterocycles. The fourth-order valence-corrected chi connectivity index (χ4v) is 1.86. The molecule has 0 atom stereocenters. The van der Waals surface area contributed by atoms with E-state index in [0.717, 1.165) is 0 Å². The number of ether oxygens (including phenoxy) is 1. The number of terminal acetylenes is 1. The third kappa shape index (κ3) is 2.54. The first-order valence-electron chi connectivity index (χ1n) is 5.63. The van der Waals surface area contributed by atoms with E-state index in [1.807, 2.05) is 0 Å². The molecule has 0 aromatic heterocycles. The van der Waals surface area contributed by atoms with Crippen LogP contribution >= 0.6 is 0 Å². The van der Waals surface area contributed by atoms with Gasteiger partial charge >= 0.3 is 11.9 Å². The minimum absolute atomic E-state index is 0.00316. The van der Waals surface area contributed by atoms with Gasteiger partial charge in [0.05, 0.1) is 11.1 Å². The fraction of sp³-hybridized carbons (Fsp3) is 0.0667. The number of fused-ring (bicyclic) bond motifs is 1. The van der Waals surface area contributed by atoms with Crippen molar-refractivity contribution in [3.63, 3.8) is 0 Å². The molecule has 2 aromatic rings.